The van der Waals surface area contributed by atoms with Gasteiger partial charge in [0.2, 0.25) is 0 Å². The number of nitriles is 2. The predicted octanol–water partition coefficient (Wildman–Crippen LogP) is 10.3. The number of aldehydes is 1. The van der Waals surface area contributed by atoms with Gasteiger partial charge >= 0.3 is 0 Å². The lowest BCUT2D eigenvalue weighted by atomic mass is 9.99. The zero-order chi connectivity index (χ0) is 38.9. The van der Waals surface area contributed by atoms with E-state index in [1.165, 1.54) is 24.8 Å². The molecule has 2 aromatic heterocycles. The van der Waals surface area contributed by atoms with Crippen LogP contribution in [0.25, 0.3) is 44.1 Å². The summed E-state index contributed by atoms with van der Waals surface area (Å²) >= 11 is 0. The van der Waals surface area contributed by atoms with Crippen LogP contribution in [-0.2, 0) is 12.8 Å². The van der Waals surface area contributed by atoms with E-state index in [4.69, 9.17) is 10.5 Å². The Bertz CT molecular complexity index is 2780. The maximum absolute atomic E-state index is 14.2. The van der Waals surface area contributed by atoms with Crippen LogP contribution in [0.5, 0.6) is 0 Å². The quantitative estimate of drug-likeness (QED) is 0.139. The highest BCUT2D eigenvalue weighted by atomic mass is 19.1. The van der Waals surface area contributed by atoms with Crippen molar-refractivity contribution in [3.8, 4) is 34.4 Å². The highest BCUT2D eigenvalue weighted by Crippen LogP contribution is 2.32. The third kappa shape index (κ3) is 8.33. The molecule has 0 fully saturated rings. The highest BCUT2D eigenvalue weighted by molar-refractivity contribution is 5.96. The molecule has 0 atom stereocenters. The lowest BCUT2D eigenvalue weighted by molar-refractivity contribution is 0.112. The van der Waals surface area contributed by atoms with Gasteiger partial charge in [-0.3, -0.25) is 4.79 Å². The summed E-state index contributed by atoms with van der Waals surface area (Å²) in [7, 11) is 0. The molecule has 0 unspecified atom stereocenters. The maximum Gasteiger partial charge on any atom is 0.150 e. The molecule has 0 saturated carbocycles. The molecule has 0 aliphatic rings. The van der Waals surface area contributed by atoms with E-state index in [9.17, 15) is 13.6 Å². The van der Waals surface area contributed by atoms with Crippen LogP contribution >= 0.6 is 0 Å². The number of carbonyl (C=O) groups excluding carboxylic acids is 1. The van der Waals surface area contributed by atoms with Crippen LogP contribution in [0.2, 0.25) is 0 Å². The minimum Gasteiger partial charge on any atom is -0.340 e. The smallest absolute Gasteiger partial charge is 0.150 e. The van der Waals surface area contributed by atoms with E-state index in [0.717, 1.165) is 56.9 Å². The number of carbonyl (C=O) groups is 1. The second-order valence-corrected chi connectivity index (χ2v) is 12.6. The monoisotopic (exact) mass is 736 g/mol. The van der Waals surface area contributed by atoms with Crippen LogP contribution in [0.15, 0.2) is 140 Å². The minimum atomic E-state index is -0.626. The van der Waals surface area contributed by atoms with Gasteiger partial charge in [-0.1, -0.05) is 60.7 Å². The third-order valence-electron chi connectivity index (χ3n) is 8.91. The molecule has 0 aliphatic carbocycles. The number of benzene rings is 6. The molecule has 0 aliphatic heterocycles. The summed E-state index contributed by atoms with van der Waals surface area (Å²) in [4.78, 5) is 28.7. The number of hydrogen-bond acceptors (Lipinski definition) is 9. The zero-order valence-corrected chi connectivity index (χ0v) is 29.6. The van der Waals surface area contributed by atoms with Gasteiger partial charge in [0.1, 0.15) is 35.9 Å². The van der Waals surface area contributed by atoms with Crippen LogP contribution in [-0.4, -0.2) is 26.2 Å². The van der Waals surface area contributed by atoms with Crippen LogP contribution in [0, 0.1) is 34.3 Å². The number of nitrogens with zero attached hydrogens (tertiary/aromatic N) is 6. The molecule has 9 nitrogen and oxygen atoms in total. The summed E-state index contributed by atoms with van der Waals surface area (Å²) < 4.78 is 27.4. The van der Waals surface area contributed by atoms with Crippen molar-refractivity contribution in [1.29, 1.82) is 10.5 Å². The molecule has 8 rings (SSSR count). The van der Waals surface area contributed by atoms with Crippen LogP contribution < -0.4 is 10.6 Å². The lowest BCUT2D eigenvalue weighted by Gasteiger charge is -2.11. The van der Waals surface area contributed by atoms with Crippen molar-refractivity contribution in [3.05, 3.63) is 168 Å². The van der Waals surface area contributed by atoms with Gasteiger partial charge in [-0.25, -0.2) is 28.7 Å². The summed E-state index contributed by atoms with van der Waals surface area (Å²) in [6, 6.07) is 41.6. The summed E-state index contributed by atoms with van der Waals surface area (Å²) in [5, 5.41) is 25.7. The van der Waals surface area contributed by atoms with E-state index in [1.54, 1.807) is 24.3 Å². The topological polar surface area (TPSA) is 140 Å². The first-order chi connectivity index (χ1) is 27.4. The van der Waals surface area contributed by atoms with Crippen molar-refractivity contribution in [1.82, 2.24) is 19.9 Å². The minimum absolute atomic E-state index is 0.305. The molecular weight excluding hydrogens is 707 g/mol. The molecule has 270 valence electrons. The van der Waals surface area contributed by atoms with E-state index in [-0.39, 0.29) is 0 Å². The number of rotatable bonds is 9. The Morgan fingerprint density at radius 3 is 1.59 bits per heavy atom. The van der Waals surface area contributed by atoms with Gasteiger partial charge < -0.3 is 10.6 Å². The van der Waals surface area contributed by atoms with Gasteiger partial charge in [-0.05, 0) is 88.5 Å². The number of anilines is 4. The molecular formula is C45H30F2N8O. The van der Waals surface area contributed by atoms with E-state index < -0.39 is 11.6 Å². The zero-order valence-electron chi connectivity index (χ0n) is 29.6. The summed E-state index contributed by atoms with van der Waals surface area (Å²) in [5.41, 5.74) is 8.43. The standard InChI is InChI=1S/C23H16N4O.C22H14F2N4/c24-12-11-16-5-8-19(9-6-16)27-23-21-13-17(7-10-22(21)25-15-26-23)20-4-2-1-3-18(20)14-28;23-16-4-7-18(20(24)12-16)15-3-8-21-19(11-15)22(27-13-26-21)28-17-5-1-14(2-6-17)9-10-25/h1-10,13-15H,11H2,(H,25,26,27);1-8,11-13H,9H2,(H,26,27,28). The highest BCUT2D eigenvalue weighted by Gasteiger charge is 2.12. The third-order valence-corrected chi connectivity index (χ3v) is 8.91. The van der Waals surface area contributed by atoms with Crippen molar-refractivity contribution in [3.63, 3.8) is 0 Å². The van der Waals surface area contributed by atoms with Crippen molar-refractivity contribution >= 4 is 51.1 Å². The van der Waals surface area contributed by atoms with Crippen molar-refractivity contribution in [2.75, 3.05) is 10.6 Å². The fraction of sp³-hybridized carbons (Fsp3) is 0.0444. The van der Waals surface area contributed by atoms with E-state index in [0.29, 0.717) is 52.1 Å². The first-order valence-corrected chi connectivity index (χ1v) is 17.4. The van der Waals surface area contributed by atoms with Crippen LogP contribution in [0.1, 0.15) is 21.5 Å². The Kier molecular flexibility index (Phi) is 11.0. The van der Waals surface area contributed by atoms with Crippen LogP contribution in [0.3, 0.4) is 0 Å². The van der Waals surface area contributed by atoms with Crippen LogP contribution in [0.4, 0.5) is 31.8 Å². The predicted molar refractivity (Wildman–Crippen MR) is 213 cm³/mol. The molecule has 0 spiro atoms. The second-order valence-electron chi connectivity index (χ2n) is 12.6. The molecule has 56 heavy (non-hydrogen) atoms. The van der Waals surface area contributed by atoms with Gasteiger partial charge in [-0.15, -0.1) is 0 Å². The van der Waals surface area contributed by atoms with E-state index in [2.05, 4.69) is 42.7 Å². The molecule has 6 aromatic carbocycles. The maximum atomic E-state index is 14.2. The summed E-state index contributed by atoms with van der Waals surface area (Å²) in [6.45, 7) is 0. The fourth-order valence-electron chi connectivity index (χ4n) is 6.10. The Hall–Kier alpha value is -7.89. The number of aromatic nitrogens is 4. The Labute approximate surface area is 320 Å². The number of nitrogens with one attached hydrogen (secondary N) is 2. The molecule has 2 N–H and O–H groups in total. The first-order valence-electron chi connectivity index (χ1n) is 17.4. The molecule has 8 aromatic rings. The summed E-state index contributed by atoms with van der Waals surface area (Å²) in [6.07, 6.45) is 4.57. The Balaban J connectivity index is 0.000000172. The number of halogens is 2. The Morgan fingerprint density at radius 2 is 1.09 bits per heavy atom. The average molecular weight is 737 g/mol. The van der Waals surface area contributed by atoms with Crippen molar-refractivity contribution in [2.24, 2.45) is 0 Å². The number of fused-ring (bicyclic) bond motifs is 2. The van der Waals surface area contributed by atoms with E-state index >= 15 is 0 Å². The fourth-order valence-corrected chi connectivity index (χ4v) is 6.10. The molecule has 0 bridgehead atoms. The molecule has 0 saturated heterocycles. The molecule has 0 amide bonds. The van der Waals surface area contributed by atoms with Gasteiger partial charge in [-0.2, -0.15) is 10.5 Å². The molecule has 11 heteroatoms. The molecule has 2 heterocycles. The normalized spacial score (nSPS) is 10.5. The van der Waals surface area contributed by atoms with Gasteiger partial charge in [0.15, 0.2) is 6.29 Å². The van der Waals surface area contributed by atoms with Gasteiger partial charge in [0.05, 0.1) is 36.0 Å². The average Bonchev–Trinajstić information content (AvgIpc) is 3.23. The van der Waals surface area contributed by atoms with Crippen molar-refractivity contribution < 1.29 is 13.6 Å². The largest absolute Gasteiger partial charge is 0.340 e. The van der Waals surface area contributed by atoms with Gasteiger partial charge in [0.25, 0.3) is 0 Å². The summed E-state index contributed by atoms with van der Waals surface area (Å²) in [5.74, 6) is 0.0113. The number of hydrogen-bond donors (Lipinski definition) is 2. The van der Waals surface area contributed by atoms with Crippen molar-refractivity contribution in [2.45, 2.75) is 12.8 Å². The van der Waals surface area contributed by atoms with Gasteiger partial charge in [0, 0.05) is 39.3 Å². The Morgan fingerprint density at radius 1 is 0.571 bits per heavy atom. The molecule has 0 radical (unpaired) electrons. The first kappa shape index (κ1) is 36.5. The van der Waals surface area contributed by atoms with E-state index in [1.807, 2.05) is 84.9 Å². The lowest BCUT2D eigenvalue weighted by Crippen LogP contribution is -1.97. The SMILES string of the molecule is N#CCc1ccc(Nc2ncnc3ccc(-c4ccc(F)cc4F)cc23)cc1.N#CCc1ccc(Nc2ncnc3ccc(-c4ccccc4C=O)cc23)cc1. The second kappa shape index (κ2) is 16.8.